The second kappa shape index (κ2) is 48.9. The molecule has 0 rings (SSSR count). The third-order valence-corrected chi connectivity index (χ3v) is 3.42. The molecule has 0 aliphatic heterocycles. The maximum atomic E-state index is 8.39. The van der Waals surface area contributed by atoms with E-state index in [-0.39, 0.29) is 65.6 Å². The quantitative estimate of drug-likeness (QED) is 0.111. The van der Waals surface area contributed by atoms with Crippen molar-refractivity contribution < 1.29 is 56.2 Å². The van der Waals surface area contributed by atoms with Crippen LogP contribution in [0.1, 0.15) is 71.1 Å². The van der Waals surface area contributed by atoms with Crippen LogP contribution in [0.25, 0.3) is 0 Å². The predicted molar refractivity (Wildman–Crippen MR) is 128 cm³/mol. The second-order valence-electron chi connectivity index (χ2n) is 6.90. The number of hydrogen-bond acceptors (Lipinski definition) is 11. The Morgan fingerprint density at radius 3 is 0.758 bits per heavy atom. The maximum absolute atomic E-state index is 8.39. The summed E-state index contributed by atoms with van der Waals surface area (Å²) in [5, 5.41) is 89.7. The smallest absolute Gasteiger partial charge is 0.100 e. The van der Waals surface area contributed by atoms with Crippen LogP contribution in [-0.4, -0.2) is 128 Å². The second-order valence-corrected chi connectivity index (χ2v) is 6.90. The summed E-state index contributed by atoms with van der Waals surface area (Å²) in [6.07, 6.45) is 7.02. The molecule has 1 unspecified atom stereocenters. The molecule has 33 heavy (non-hydrogen) atoms. The first-order valence-electron chi connectivity index (χ1n) is 11.7. The van der Waals surface area contributed by atoms with Gasteiger partial charge in [-0.05, 0) is 58.3 Å². The Labute approximate surface area is 199 Å². The lowest BCUT2D eigenvalue weighted by Gasteiger charge is -1.96. The van der Waals surface area contributed by atoms with Crippen molar-refractivity contribution in [3.8, 4) is 0 Å². The van der Waals surface area contributed by atoms with Gasteiger partial charge in [-0.3, -0.25) is 0 Å². The van der Waals surface area contributed by atoms with Gasteiger partial charge in [-0.25, -0.2) is 0 Å². The lowest BCUT2D eigenvalue weighted by Crippen LogP contribution is -2.15. The predicted octanol–water partition coefficient (Wildman–Crippen LogP) is -1.49. The van der Waals surface area contributed by atoms with Crippen LogP contribution >= 0.6 is 0 Å². The number of aliphatic hydroxyl groups excluding tert-OH is 11. The molecule has 0 aliphatic carbocycles. The van der Waals surface area contributed by atoms with Crippen molar-refractivity contribution >= 4 is 0 Å². The van der Waals surface area contributed by atoms with E-state index in [0.717, 1.165) is 57.8 Å². The van der Waals surface area contributed by atoms with Gasteiger partial charge in [-0.15, -0.1) is 0 Å². The van der Waals surface area contributed by atoms with Crippen LogP contribution in [0.4, 0.5) is 0 Å². The highest BCUT2D eigenvalue weighted by atomic mass is 16.3. The molecule has 0 radical (unpaired) electrons. The lowest BCUT2D eigenvalue weighted by molar-refractivity contribution is 0.0450. The summed E-state index contributed by atoms with van der Waals surface area (Å²) in [5.41, 5.74) is 0. The molecule has 11 N–H and O–H groups in total. The summed E-state index contributed by atoms with van der Waals surface area (Å²) in [6, 6.07) is 0. The third-order valence-electron chi connectivity index (χ3n) is 3.42. The first-order chi connectivity index (χ1) is 15.8. The number of rotatable bonds is 16. The zero-order valence-electron chi connectivity index (χ0n) is 20.5. The Morgan fingerprint density at radius 1 is 0.394 bits per heavy atom. The monoisotopic (exact) mass is 494 g/mol. The van der Waals surface area contributed by atoms with Gasteiger partial charge in [0.25, 0.3) is 0 Å². The van der Waals surface area contributed by atoms with Gasteiger partial charge >= 0.3 is 0 Å². The van der Waals surface area contributed by atoms with E-state index in [1.54, 1.807) is 6.92 Å². The van der Waals surface area contributed by atoms with E-state index in [0.29, 0.717) is 6.42 Å². The van der Waals surface area contributed by atoms with Crippen LogP contribution in [0.3, 0.4) is 0 Å². The van der Waals surface area contributed by atoms with Crippen molar-refractivity contribution in [3.05, 3.63) is 0 Å². The molecule has 0 saturated heterocycles. The Kier molecular flexibility index (Phi) is 63.2. The van der Waals surface area contributed by atoms with Crippen molar-refractivity contribution in [1.82, 2.24) is 0 Å². The molecule has 0 saturated carbocycles. The van der Waals surface area contributed by atoms with E-state index < -0.39 is 6.10 Å². The van der Waals surface area contributed by atoms with Crippen molar-refractivity contribution in [2.24, 2.45) is 0 Å². The summed E-state index contributed by atoms with van der Waals surface area (Å²) < 4.78 is 0. The van der Waals surface area contributed by atoms with E-state index in [1.165, 1.54) is 0 Å². The zero-order chi connectivity index (χ0) is 26.6. The molecule has 0 aliphatic rings. The molecule has 208 valence electrons. The molecule has 0 heterocycles. The van der Waals surface area contributed by atoms with Crippen molar-refractivity contribution in [2.45, 2.75) is 83.3 Å². The molecule has 0 fully saturated rings. The minimum Gasteiger partial charge on any atom is -0.396 e. The standard InChI is InChI=1S/C6H14O2.C5H12O2.2C4H10O2.C3H8O3/c7-5-3-1-2-4-6-8;6-4-2-1-3-5-7;1-4(6)2-3-5;5-3-1-2-4-6;4-1-3(6)2-5/h7-8H,1-6H2;6-7H,1-5H2;4-6H,2-3H2,1H3;5-6H,1-4H2;3-6H,1-2H2. The van der Waals surface area contributed by atoms with Gasteiger partial charge in [0.2, 0.25) is 0 Å². The third kappa shape index (κ3) is 80.1. The molecule has 0 aromatic heterocycles. The van der Waals surface area contributed by atoms with E-state index >= 15 is 0 Å². The fraction of sp³-hybridized carbons (Fsp3) is 1.00. The van der Waals surface area contributed by atoms with Gasteiger partial charge in [0.05, 0.1) is 19.3 Å². The average molecular weight is 495 g/mol. The molecule has 0 aromatic carbocycles. The van der Waals surface area contributed by atoms with Crippen LogP contribution in [0, 0.1) is 0 Å². The Bertz CT molecular complexity index is 242. The SMILES string of the molecule is CC(O)CCO.OCC(O)CO.OCCCCCCO.OCCCCCO.OCCCCO. The van der Waals surface area contributed by atoms with Crippen molar-refractivity contribution in [2.75, 3.05) is 59.5 Å². The van der Waals surface area contributed by atoms with Crippen LogP contribution in [-0.2, 0) is 0 Å². The average Bonchev–Trinajstić information content (AvgIpc) is 2.82. The molecule has 0 aromatic rings. The Balaban J connectivity index is -0.0000000995. The number of hydrogen-bond donors (Lipinski definition) is 11. The molecular formula is C22H54O11. The molecule has 11 nitrogen and oxygen atoms in total. The lowest BCUT2D eigenvalue weighted by atomic mass is 10.2. The van der Waals surface area contributed by atoms with Crippen molar-refractivity contribution in [3.63, 3.8) is 0 Å². The Morgan fingerprint density at radius 2 is 0.636 bits per heavy atom. The highest BCUT2D eigenvalue weighted by molar-refractivity contribution is 4.44. The van der Waals surface area contributed by atoms with Crippen LogP contribution < -0.4 is 0 Å². The summed E-state index contributed by atoms with van der Waals surface area (Å²) >= 11 is 0. The van der Waals surface area contributed by atoms with E-state index in [2.05, 4.69) is 0 Å². The highest BCUT2D eigenvalue weighted by Gasteiger charge is 1.93. The minimum absolute atomic E-state index is 0.0810. The molecule has 11 heteroatoms. The Hall–Kier alpha value is -0.440. The van der Waals surface area contributed by atoms with Gasteiger partial charge in [0, 0.05) is 46.2 Å². The number of unbranched alkanes of at least 4 members (excludes halogenated alkanes) is 6. The van der Waals surface area contributed by atoms with E-state index in [9.17, 15) is 0 Å². The first-order valence-corrected chi connectivity index (χ1v) is 11.7. The zero-order valence-corrected chi connectivity index (χ0v) is 20.5. The number of aliphatic hydroxyl groups is 11. The summed E-state index contributed by atoms with van der Waals surface area (Å²) in [4.78, 5) is 0. The summed E-state index contributed by atoms with van der Waals surface area (Å²) in [7, 11) is 0. The minimum atomic E-state index is -0.954. The normalized spacial score (nSPS) is 10.5. The molecular weight excluding hydrogens is 440 g/mol. The molecule has 0 bridgehead atoms. The van der Waals surface area contributed by atoms with Crippen LogP contribution in [0.15, 0.2) is 0 Å². The van der Waals surface area contributed by atoms with Gasteiger partial charge in [0.1, 0.15) is 6.10 Å². The fourth-order valence-electron chi connectivity index (χ4n) is 1.45. The van der Waals surface area contributed by atoms with Crippen molar-refractivity contribution in [1.29, 1.82) is 0 Å². The van der Waals surface area contributed by atoms with E-state index in [1.807, 2.05) is 0 Å². The van der Waals surface area contributed by atoms with Crippen LogP contribution in [0.2, 0.25) is 0 Å². The molecule has 0 amide bonds. The van der Waals surface area contributed by atoms with E-state index in [4.69, 9.17) is 56.2 Å². The first kappa shape index (κ1) is 42.7. The molecule has 1 atom stereocenters. The van der Waals surface area contributed by atoms with Gasteiger partial charge < -0.3 is 56.2 Å². The highest BCUT2D eigenvalue weighted by Crippen LogP contribution is 1.96. The largest absolute Gasteiger partial charge is 0.396 e. The maximum Gasteiger partial charge on any atom is 0.100 e. The summed E-state index contributed by atoms with van der Waals surface area (Å²) in [6.45, 7) is 2.46. The topological polar surface area (TPSA) is 223 Å². The van der Waals surface area contributed by atoms with Gasteiger partial charge in [-0.1, -0.05) is 12.8 Å². The van der Waals surface area contributed by atoms with Crippen LogP contribution in [0.5, 0.6) is 0 Å². The summed E-state index contributed by atoms with van der Waals surface area (Å²) in [5.74, 6) is 0. The van der Waals surface area contributed by atoms with Gasteiger partial charge in [0.15, 0.2) is 0 Å². The molecule has 0 spiro atoms. The fourth-order valence-corrected chi connectivity index (χ4v) is 1.45. The van der Waals surface area contributed by atoms with Gasteiger partial charge in [-0.2, -0.15) is 0 Å².